The van der Waals surface area contributed by atoms with Gasteiger partial charge in [-0.05, 0) is 31.2 Å². The first kappa shape index (κ1) is 20.0. The number of nitrogens with one attached hydrogen (secondary N) is 1. The average molecular weight is 370 g/mol. The summed E-state index contributed by atoms with van der Waals surface area (Å²) in [5.74, 6) is -0.371. The van der Waals surface area contributed by atoms with Crippen LogP contribution in [-0.4, -0.2) is 22.9 Å². The molecule has 9 nitrogen and oxygen atoms in total. The van der Waals surface area contributed by atoms with Gasteiger partial charge in [0.25, 0.3) is 0 Å². The van der Waals surface area contributed by atoms with Gasteiger partial charge in [0.15, 0.2) is 11.6 Å². The first-order valence-electron chi connectivity index (χ1n) is 8.33. The Morgan fingerprint density at radius 2 is 1.74 bits per heavy atom. The van der Waals surface area contributed by atoms with Gasteiger partial charge in [-0.25, -0.2) is 4.98 Å². The Bertz CT molecular complexity index is 864. The number of carbonyl (C=O) groups is 2. The van der Waals surface area contributed by atoms with E-state index in [1.165, 1.54) is 6.07 Å². The van der Waals surface area contributed by atoms with Gasteiger partial charge in [-0.1, -0.05) is 26.0 Å². The summed E-state index contributed by atoms with van der Waals surface area (Å²) < 4.78 is 5.31. The van der Waals surface area contributed by atoms with Gasteiger partial charge in [-0.15, -0.1) is 10.2 Å². The number of rotatable bonds is 6. The van der Waals surface area contributed by atoms with E-state index in [0.717, 1.165) is 0 Å². The van der Waals surface area contributed by atoms with E-state index in [0.29, 0.717) is 17.1 Å². The zero-order valence-electron chi connectivity index (χ0n) is 15.3. The van der Waals surface area contributed by atoms with Crippen molar-refractivity contribution in [2.24, 2.45) is 21.9 Å². The summed E-state index contributed by atoms with van der Waals surface area (Å²) in [5.41, 5.74) is 12.0. The molecule has 1 aromatic carbocycles. The van der Waals surface area contributed by atoms with Crippen LogP contribution in [0, 0.1) is 5.92 Å². The summed E-state index contributed by atoms with van der Waals surface area (Å²) in [5, 5.41) is 10.7. The van der Waals surface area contributed by atoms with Crippen LogP contribution < -0.4 is 21.5 Å². The van der Waals surface area contributed by atoms with Gasteiger partial charge < -0.3 is 21.5 Å². The highest BCUT2D eigenvalue weighted by Crippen LogP contribution is 2.31. The molecule has 0 spiro atoms. The van der Waals surface area contributed by atoms with Gasteiger partial charge >= 0.3 is 5.97 Å². The molecule has 1 amide bonds. The molecule has 0 aliphatic carbocycles. The first-order chi connectivity index (χ1) is 12.8. The predicted octanol–water partition coefficient (Wildman–Crippen LogP) is 2.93. The molecular formula is C18H22N6O3. The maximum Gasteiger partial charge on any atom is 0.313 e. The lowest BCUT2D eigenvalue weighted by molar-refractivity contribution is -0.137. The van der Waals surface area contributed by atoms with Crippen LogP contribution in [0.3, 0.4) is 0 Å². The number of esters is 1. The molecule has 2 rings (SSSR count). The Morgan fingerprint density at radius 1 is 1.07 bits per heavy atom. The van der Waals surface area contributed by atoms with Crippen molar-refractivity contribution in [3.63, 3.8) is 0 Å². The second kappa shape index (κ2) is 8.86. The van der Waals surface area contributed by atoms with Gasteiger partial charge in [0.1, 0.15) is 17.2 Å². The summed E-state index contributed by atoms with van der Waals surface area (Å²) in [4.78, 5) is 27.4. The molecule has 1 atom stereocenters. The second-order valence-corrected chi connectivity index (χ2v) is 6.12. The highest BCUT2D eigenvalue weighted by Gasteiger charge is 2.13. The maximum absolute atomic E-state index is 11.8. The Labute approximate surface area is 156 Å². The minimum absolute atomic E-state index is 0.0814. The summed E-state index contributed by atoms with van der Waals surface area (Å²) in [7, 11) is 0. The third kappa shape index (κ3) is 5.58. The smallest absolute Gasteiger partial charge is 0.313 e. The van der Waals surface area contributed by atoms with Crippen LogP contribution >= 0.6 is 0 Å². The minimum Gasteiger partial charge on any atom is -0.424 e. The van der Waals surface area contributed by atoms with Crippen LogP contribution in [0.25, 0.3) is 0 Å². The normalized spacial score (nSPS) is 12.2. The molecule has 0 saturated carbocycles. The quantitative estimate of drug-likeness (QED) is 0.405. The predicted molar refractivity (Wildman–Crippen MR) is 102 cm³/mol. The summed E-state index contributed by atoms with van der Waals surface area (Å²) in [6.45, 7) is 5.04. The lowest BCUT2D eigenvalue weighted by Gasteiger charge is -2.09. The molecule has 5 N–H and O–H groups in total. The maximum atomic E-state index is 11.8. The molecule has 142 valence electrons. The summed E-state index contributed by atoms with van der Waals surface area (Å²) in [6.07, 6.45) is 0. The van der Waals surface area contributed by atoms with Crippen molar-refractivity contribution in [3.8, 4) is 5.75 Å². The van der Waals surface area contributed by atoms with Crippen LogP contribution in [-0.2, 0) is 9.59 Å². The van der Waals surface area contributed by atoms with Crippen molar-refractivity contribution in [2.45, 2.75) is 26.8 Å². The van der Waals surface area contributed by atoms with E-state index < -0.39 is 6.04 Å². The first-order valence-corrected chi connectivity index (χ1v) is 8.33. The third-order valence-corrected chi connectivity index (χ3v) is 3.38. The number of carbonyl (C=O) groups excluding carboxylic acids is 2. The topological polar surface area (TPSA) is 145 Å². The van der Waals surface area contributed by atoms with E-state index in [2.05, 4.69) is 20.5 Å². The molecule has 0 unspecified atom stereocenters. The summed E-state index contributed by atoms with van der Waals surface area (Å²) in [6, 6.07) is 9.19. The third-order valence-electron chi connectivity index (χ3n) is 3.38. The van der Waals surface area contributed by atoms with Gasteiger partial charge in [-0.2, -0.15) is 0 Å². The Morgan fingerprint density at radius 3 is 2.37 bits per heavy atom. The van der Waals surface area contributed by atoms with Gasteiger partial charge in [-0.3, -0.25) is 9.59 Å². The number of nitrogens with zero attached hydrogens (tertiary/aromatic N) is 3. The number of pyridine rings is 1. The number of amides is 1. The van der Waals surface area contributed by atoms with Crippen LogP contribution in [0.4, 0.5) is 23.0 Å². The number of benzene rings is 1. The second-order valence-electron chi connectivity index (χ2n) is 6.12. The molecule has 0 radical (unpaired) electrons. The number of para-hydroxylation sites is 1. The zero-order valence-corrected chi connectivity index (χ0v) is 15.3. The van der Waals surface area contributed by atoms with E-state index in [4.69, 9.17) is 16.2 Å². The number of nitrogen functional groups attached to an aromatic ring is 1. The Balaban J connectivity index is 2.19. The minimum atomic E-state index is -0.669. The standard InChI is InChI=1S/C18H22N6O3/c1-10(2)18(26)27-14-7-5-4-6-12(14)23-24-13-8-9-15(21-16(13)20)22-17(25)11(3)19/h4-11H,19H2,1-3H3,(H3,20,21,22,25)/b24-23+/t11-/m0/s1. The number of ether oxygens (including phenoxy) is 1. The molecule has 0 bridgehead atoms. The SMILES string of the molecule is CC(C)C(=O)Oc1ccccc1/N=N/c1ccc(NC(=O)[C@H](C)N)nc1N. The molecule has 0 saturated heterocycles. The molecule has 9 heteroatoms. The van der Waals surface area contributed by atoms with Crippen molar-refractivity contribution < 1.29 is 14.3 Å². The number of aromatic nitrogens is 1. The lowest BCUT2D eigenvalue weighted by atomic mass is 10.2. The molecule has 2 aromatic rings. The largest absolute Gasteiger partial charge is 0.424 e. The van der Waals surface area contributed by atoms with E-state index >= 15 is 0 Å². The highest BCUT2D eigenvalue weighted by molar-refractivity contribution is 5.93. The van der Waals surface area contributed by atoms with Crippen molar-refractivity contribution >= 4 is 34.9 Å². The summed E-state index contributed by atoms with van der Waals surface area (Å²) >= 11 is 0. The fourth-order valence-corrected chi connectivity index (χ4v) is 1.82. The molecule has 0 aliphatic heterocycles. The van der Waals surface area contributed by atoms with E-state index in [1.807, 2.05) is 0 Å². The molecule has 0 fully saturated rings. The number of hydrogen-bond donors (Lipinski definition) is 3. The zero-order chi connectivity index (χ0) is 20.0. The fraction of sp³-hybridized carbons (Fsp3) is 0.278. The fourth-order valence-electron chi connectivity index (χ4n) is 1.82. The van der Waals surface area contributed by atoms with E-state index in [-0.39, 0.29) is 29.4 Å². The van der Waals surface area contributed by atoms with Crippen molar-refractivity contribution in [1.29, 1.82) is 0 Å². The molecule has 0 aliphatic rings. The van der Waals surface area contributed by atoms with Gasteiger partial charge in [0.05, 0.1) is 12.0 Å². The van der Waals surface area contributed by atoms with Crippen molar-refractivity contribution in [1.82, 2.24) is 4.98 Å². The number of azo groups is 1. The van der Waals surface area contributed by atoms with Crippen LogP contribution in [0.15, 0.2) is 46.6 Å². The Hall–Kier alpha value is -3.33. The highest BCUT2D eigenvalue weighted by atomic mass is 16.5. The van der Waals surface area contributed by atoms with Crippen LogP contribution in [0.2, 0.25) is 0 Å². The molecule has 1 heterocycles. The van der Waals surface area contributed by atoms with Gasteiger partial charge in [0.2, 0.25) is 5.91 Å². The number of nitrogens with two attached hydrogens (primary N) is 2. The van der Waals surface area contributed by atoms with Crippen molar-refractivity contribution in [2.75, 3.05) is 11.1 Å². The van der Waals surface area contributed by atoms with Crippen LogP contribution in [0.1, 0.15) is 20.8 Å². The number of anilines is 2. The monoisotopic (exact) mass is 370 g/mol. The molecular weight excluding hydrogens is 348 g/mol. The average Bonchev–Trinajstić information content (AvgIpc) is 2.61. The van der Waals surface area contributed by atoms with Crippen molar-refractivity contribution in [3.05, 3.63) is 36.4 Å². The number of hydrogen-bond acceptors (Lipinski definition) is 8. The van der Waals surface area contributed by atoms with E-state index in [9.17, 15) is 9.59 Å². The Kier molecular flexibility index (Phi) is 6.56. The molecule has 27 heavy (non-hydrogen) atoms. The lowest BCUT2D eigenvalue weighted by Crippen LogP contribution is -2.32. The van der Waals surface area contributed by atoms with Crippen LogP contribution in [0.5, 0.6) is 5.75 Å². The van der Waals surface area contributed by atoms with E-state index in [1.54, 1.807) is 51.1 Å². The molecule has 1 aromatic heterocycles. The van der Waals surface area contributed by atoms with Gasteiger partial charge in [0, 0.05) is 0 Å².